The maximum absolute atomic E-state index is 5.89. The molecule has 0 radical (unpaired) electrons. The van der Waals surface area contributed by atoms with Gasteiger partial charge in [0.1, 0.15) is 0 Å². The summed E-state index contributed by atoms with van der Waals surface area (Å²) in [6.45, 7) is 2.08. The van der Waals surface area contributed by atoms with Crippen LogP contribution in [0.3, 0.4) is 0 Å². The molecule has 80 valence electrons. The largest absolute Gasteiger partial charge is 0.387 e. The quantitative estimate of drug-likeness (QED) is 0.662. The van der Waals surface area contributed by atoms with E-state index in [1.54, 1.807) is 0 Å². The maximum atomic E-state index is 5.89. The van der Waals surface area contributed by atoms with Crippen molar-refractivity contribution < 1.29 is 0 Å². The Hall–Kier alpha value is -0.830. The predicted octanol–water partition coefficient (Wildman–Crippen LogP) is 3.28. The molecule has 1 fully saturated rings. The molecule has 0 spiro atoms. The molecular weight excluding hydrogens is 252 g/mol. The number of amidine groups is 1. The normalized spacial score (nSPS) is 18.9. The zero-order valence-electron chi connectivity index (χ0n) is 8.78. The number of rotatable bonds is 3. The molecule has 3 heteroatoms. The van der Waals surface area contributed by atoms with Crippen molar-refractivity contribution in [1.29, 1.82) is 0 Å². The molecule has 1 unspecified atom stereocenters. The minimum Gasteiger partial charge on any atom is -0.387 e. The van der Waals surface area contributed by atoms with Gasteiger partial charge in [0, 0.05) is 10.4 Å². The van der Waals surface area contributed by atoms with Gasteiger partial charge in [0.05, 0.1) is 11.9 Å². The number of nitrogens with zero attached hydrogens (tertiary/aromatic N) is 1. The summed E-state index contributed by atoms with van der Waals surface area (Å²) in [5.74, 6) is 1.38. The van der Waals surface area contributed by atoms with E-state index in [1.807, 2.05) is 12.1 Å². The molecule has 1 aromatic rings. The third kappa shape index (κ3) is 2.81. The summed E-state index contributed by atoms with van der Waals surface area (Å²) in [5.41, 5.74) is 7.10. The van der Waals surface area contributed by atoms with Gasteiger partial charge in [-0.2, -0.15) is 0 Å². The standard InChI is InChI=1S/C12H15BrN2/c1-8(15-12(14)9-5-6-9)10-3-2-4-11(13)7-10/h2-4,7-9H,5-6H2,1H3,(H2,14,15). The SMILES string of the molecule is CC(N=C(N)C1CC1)c1cccc(Br)c1. The van der Waals surface area contributed by atoms with Gasteiger partial charge in [-0.25, -0.2) is 0 Å². The van der Waals surface area contributed by atoms with Crippen LogP contribution in [0.2, 0.25) is 0 Å². The number of halogens is 1. The highest BCUT2D eigenvalue weighted by atomic mass is 79.9. The molecule has 1 aliphatic carbocycles. The fourth-order valence-electron chi connectivity index (χ4n) is 1.55. The first kappa shape index (κ1) is 10.7. The van der Waals surface area contributed by atoms with E-state index in [0.717, 1.165) is 10.3 Å². The molecule has 1 aromatic carbocycles. The lowest BCUT2D eigenvalue weighted by Crippen LogP contribution is -2.15. The van der Waals surface area contributed by atoms with Crippen LogP contribution < -0.4 is 5.73 Å². The first-order chi connectivity index (χ1) is 7.16. The lowest BCUT2D eigenvalue weighted by molar-refractivity contribution is 0.807. The monoisotopic (exact) mass is 266 g/mol. The van der Waals surface area contributed by atoms with Crippen molar-refractivity contribution in [1.82, 2.24) is 0 Å². The van der Waals surface area contributed by atoms with E-state index in [2.05, 4.69) is 40.0 Å². The van der Waals surface area contributed by atoms with Crippen molar-refractivity contribution in [3.63, 3.8) is 0 Å². The van der Waals surface area contributed by atoms with Gasteiger partial charge in [-0.1, -0.05) is 28.1 Å². The number of aliphatic imine (C=N–C) groups is 1. The Morgan fingerprint density at radius 1 is 1.53 bits per heavy atom. The van der Waals surface area contributed by atoms with Gasteiger partial charge in [-0.05, 0) is 37.5 Å². The van der Waals surface area contributed by atoms with Crippen molar-refractivity contribution in [2.24, 2.45) is 16.6 Å². The Morgan fingerprint density at radius 3 is 2.87 bits per heavy atom. The van der Waals surface area contributed by atoms with E-state index >= 15 is 0 Å². The molecule has 0 saturated heterocycles. The minimum atomic E-state index is 0.156. The Labute approximate surface area is 98.7 Å². The molecule has 0 heterocycles. The van der Waals surface area contributed by atoms with Crippen LogP contribution in [0.15, 0.2) is 33.7 Å². The Bertz CT molecular complexity index is 383. The number of benzene rings is 1. The topological polar surface area (TPSA) is 38.4 Å². The van der Waals surface area contributed by atoms with Crippen LogP contribution >= 0.6 is 15.9 Å². The summed E-state index contributed by atoms with van der Waals surface area (Å²) >= 11 is 3.46. The third-order valence-electron chi connectivity index (χ3n) is 2.67. The van der Waals surface area contributed by atoms with Gasteiger partial charge in [-0.15, -0.1) is 0 Å². The average molecular weight is 267 g/mol. The average Bonchev–Trinajstić information content (AvgIpc) is 3.00. The van der Waals surface area contributed by atoms with E-state index in [1.165, 1.54) is 18.4 Å². The molecule has 1 aliphatic rings. The second kappa shape index (κ2) is 4.35. The molecule has 0 aliphatic heterocycles. The maximum Gasteiger partial charge on any atom is 0.0975 e. The van der Waals surface area contributed by atoms with Crippen molar-refractivity contribution in [2.45, 2.75) is 25.8 Å². The van der Waals surface area contributed by atoms with Crippen molar-refractivity contribution in [3.05, 3.63) is 34.3 Å². The van der Waals surface area contributed by atoms with E-state index in [0.29, 0.717) is 5.92 Å². The van der Waals surface area contributed by atoms with E-state index in [4.69, 9.17) is 5.73 Å². The second-order valence-electron chi connectivity index (χ2n) is 4.06. The molecule has 1 saturated carbocycles. The number of hydrogen-bond donors (Lipinski definition) is 1. The second-order valence-corrected chi connectivity index (χ2v) is 4.97. The van der Waals surface area contributed by atoms with Crippen LogP contribution in [0, 0.1) is 5.92 Å². The predicted molar refractivity (Wildman–Crippen MR) is 66.9 cm³/mol. The minimum absolute atomic E-state index is 0.156. The molecule has 1 atom stereocenters. The first-order valence-corrected chi connectivity index (χ1v) is 6.05. The zero-order chi connectivity index (χ0) is 10.8. The van der Waals surface area contributed by atoms with Gasteiger partial charge in [0.25, 0.3) is 0 Å². The van der Waals surface area contributed by atoms with Crippen LogP contribution in [0.5, 0.6) is 0 Å². The number of hydrogen-bond acceptors (Lipinski definition) is 1. The molecule has 2 nitrogen and oxygen atoms in total. The smallest absolute Gasteiger partial charge is 0.0975 e. The Kier molecular flexibility index (Phi) is 3.10. The Morgan fingerprint density at radius 2 is 2.27 bits per heavy atom. The van der Waals surface area contributed by atoms with Gasteiger partial charge in [0.15, 0.2) is 0 Å². The molecular formula is C12H15BrN2. The van der Waals surface area contributed by atoms with Crippen LogP contribution in [-0.4, -0.2) is 5.84 Å². The Balaban J connectivity index is 2.13. The molecule has 2 N–H and O–H groups in total. The van der Waals surface area contributed by atoms with Crippen molar-refractivity contribution in [2.75, 3.05) is 0 Å². The summed E-state index contributed by atoms with van der Waals surface area (Å²) in [6, 6.07) is 8.37. The van der Waals surface area contributed by atoms with Gasteiger partial charge >= 0.3 is 0 Å². The summed E-state index contributed by atoms with van der Waals surface area (Å²) in [5, 5.41) is 0. The van der Waals surface area contributed by atoms with Gasteiger partial charge < -0.3 is 5.73 Å². The van der Waals surface area contributed by atoms with Gasteiger partial charge in [-0.3, -0.25) is 4.99 Å². The lowest BCUT2D eigenvalue weighted by Gasteiger charge is -2.08. The highest BCUT2D eigenvalue weighted by molar-refractivity contribution is 9.10. The van der Waals surface area contributed by atoms with Crippen LogP contribution in [0.1, 0.15) is 31.4 Å². The van der Waals surface area contributed by atoms with E-state index < -0.39 is 0 Å². The number of nitrogens with two attached hydrogens (primary N) is 1. The molecule has 2 rings (SSSR count). The summed E-state index contributed by atoms with van der Waals surface area (Å²) in [6.07, 6.45) is 2.42. The fraction of sp³-hybridized carbons (Fsp3) is 0.417. The van der Waals surface area contributed by atoms with Gasteiger partial charge in [0.2, 0.25) is 0 Å². The highest BCUT2D eigenvalue weighted by Crippen LogP contribution is 2.30. The van der Waals surface area contributed by atoms with E-state index in [-0.39, 0.29) is 6.04 Å². The van der Waals surface area contributed by atoms with Crippen molar-refractivity contribution >= 4 is 21.8 Å². The van der Waals surface area contributed by atoms with E-state index in [9.17, 15) is 0 Å². The zero-order valence-corrected chi connectivity index (χ0v) is 10.4. The molecule has 15 heavy (non-hydrogen) atoms. The highest BCUT2D eigenvalue weighted by Gasteiger charge is 2.25. The van der Waals surface area contributed by atoms with Crippen LogP contribution in [0.4, 0.5) is 0 Å². The third-order valence-corrected chi connectivity index (χ3v) is 3.16. The molecule has 0 aromatic heterocycles. The van der Waals surface area contributed by atoms with Crippen LogP contribution in [-0.2, 0) is 0 Å². The van der Waals surface area contributed by atoms with Crippen molar-refractivity contribution in [3.8, 4) is 0 Å². The summed E-state index contributed by atoms with van der Waals surface area (Å²) in [7, 11) is 0. The molecule has 0 bridgehead atoms. The summed E-state index contributed by atoms with van der Waals surface area (Å²) in [4.78, 5) is 4.52. The first-order valence-electron chi connectivity index (χ1n) is 5.25. The van der Waals surface area contributed by atoms with Crippen LogP contribution in [0.25, 0.3) is 0 Å². The fourth-order valence-corrected chi connectivity index (χ4v) is 1.97. The lowest BCUT2D eigenvalue weighted by atomic mass is 10.1. The summed E-state index contributed by atoms with van der Waals surface area (Å²) < 4.78 is 1.09. The molecule has 0 amide bonds.